The molecule has 0 aliphatic carbocycles. The zero-order valence-corrected chi connectivity index (χ0v) is 17.3. The smallest absolute Gasteiger partial charge is 0.214 e. The van der Waals surface area contributed by atoms with Crippen molar-refractivity contribution in [1.29, 1.82) is 0 Å². The summed E-state index contributed by atoms with van der Waals surface area (Å²) in [5, 5.41) is 0. The molecule has 0 amide bonds. The van der Waals surface area contributed by atoms with Gasteiger partial charge in [0.25, 0.3) is 0 Å². The molecular weight excluding hydrogens is 364 g/mol. The van der Waals surface area contributed by atoms with Crippen molar-refractivity contribution >= 4 is 10.0 Å². The third kappa shape index (κ3) is 5.08. The highest BCUT2D eigenvalue weighted by atomic mass is 32.2. The van der Waals surface area contributed by atoms with Crippen molar-refractivity contribution in [3.05, 3.63) is 29.6 Å². The molecule has 3 rings (SSSR count). The number of ether oxygens (including phenoxy) is 2. The number of sulfonamides is 1. The summed E-state index contributed by atoms with van der Waals surface area (Å²) >= 11 is 0. The van der Waals surface area contributed by atoms with Gasteiger partial charge in [-0.1, -0.05) is 13.0 Å². The van der Waals surface area contributed by atoms with Crippen molar-refractivity contribution in [2.45, 2.75) is 58.2 Å². The van der Waals surface area contributed by atoms with Gasteiger partial charge in [0.2, 0.25) is 10.0 Å². The summed E-state index contributed by atoms with van der Waals surface area (Å²) in [5.74, 6) is 0.685. The van der Waals surface area contributed by atoms with Gasteiger partial charge >= 0.3 is 0 Å². The number of hydrogen-bond acceptors (Lipinski definition) is 5. The van der Waals surface area contributed by atoms with Gasteiger partial charge in [-0.05, 0) is 57.1 Å². The molecule has 1 spiro atoms. The van der Waals surface area contributed by atoms with E-state index in [2.05, 4.69) is 4.98 Å². The van der Waals surface area contributed by atoms with Gasteiger partial charge in [0.15, 0.2) is 0 Å². The van der Waals surface area contributed by atoms with Crippen LogP contribution in [0.15, 0.2) is 18.2 Å². The Labute approximate surface area is 163 Å². The van der Waals surface area contributed by atoms with E-state index in [-0.39, 0.29) is 11.4 Å². The average molecular weight is 397 g/mol. The molecule has 2 aliphatic rings. The van der Waals surface area contributed by atoms with Gasteiger partial charge in [0, 0.05) is 32.0 Å². The molecule has 1 aromatic heterocycles. The van der Waals surface area contributed by atoms with Gasteiger partial charge in [0.1, 0.15) is 0 Å². The highest BCUT2D eigenvalue weighted by molar-refractivity contribution is 7.89. The molecule has 7 heteroatoms. The third-order valence-electron chi connectivity index (χ3n) is 5.83. The van der Waals surface area contributed by atoms with Crippen LogP contribution in [0.1, 0.15) is 50.4 Å². The maximum absolute atomic E-state index is 12.3. The maximum atomic E-state index is 12.3. The normalized spacial score (nSPS) is 23.1. The van der Waals surface area contributed by atoms with Crippen LogP contribution in [0.25, 0.3) is 0 Å². The van der Waals surface area contributed by atoms with E-state index < -0.39 is 10.0 Å². The van der Waals surface area contributed by atoms with Crippen molar-refractivity contribution in [1.82, 2.24) is 9.29 Å². The Kier molecular flexibility index (Phi) is 6.89. The summed E-state index contributed by atoms with van der Waals surface area (Å²) in [6.07, 6.45) is 4.23. The van der Waals surface area contributed by atoms with Gasteiger partial charge in [0.05, 0.1) is 23.7 Å². The number of piperidine rings is 1. The lowest BCUT2D eigenvalue weighted by Gasteiger charge is -2.41. The first-order valence-corrected chi connectivity index (χ1v) is 11.7. The minimum Gasteiger partial charge on any atom is -0.375 e. The summed E-state index contributed by atoms with van der Waals surface area (Å²) in [7, 11) is -3.11. The molecule has 0 aromatic carbocycles. The van der Waals surface area contributed by atoms with E-state index in [1.54, 1.807) is 4.31 Å². The first-order valence-electron chi connectivity index (χ1n) is 10.1. The lowest BCUT2D eigenvalue weighted by Crippen LogP contribution is -2.50. The fourth-order valence-corrected chi connectivity index (χ4v) is 5.87. The zero-order valence-electron chi connectivity index (χ0n) is 16.5. The summed E-state index contributed by atoms with van der Waals surface area (Å²) < 4.78 is 38.3. The molecule has 2 aliphatic heterocycles. The van der Waals surface area contributed by atoms with Crippen LogP contribution in [0.4, 0.5) is 0 Å². The predicted octanol–water partition coefficient (Wildman–Crippen LogP) is 2.91. The van der Waals surface area contributed by atoms with Crippen LogP contribution >= 0.6 is 0 Å². The van der Waals surface area contributed by atoms with E-state index in [1.807, 2.05) is 32.0 Å². The maximum Gasteiger partial charge on any atom is 0.214 e. The fraction of sp³-hybridized carbons (Fsp3) is 0.750. The predicted molar refractivity (Wildman–Crippen MR) is 105 cm³/mol. The van der Waals surface area contributed by atoms with E-state index in [9.17, 15) is 8.42 Å². The number of hydrogen-bond donors (Lipinski definition) is 0. The quantitative estimate of drug-likeness (QED) is 0.632. The molecule has 0 radical (unpaired) electrons. The number of aromatic nitrogens is 1. The lowest BCUT2D eigenvalue weighted by atomic mass is 9.78. The second-order valence-corrected chi connectivity index (χ2v) is 9.81. The van der Waals surface area contributed by atoms with Gasteiger partial charge < -0.3 is 9.47 Å². The number of nitrogens with zero attached hydrogens (tertiary/aromatic N) is 2. The highest BCUT2D eigenvalue weighted by Gasteiger charge is 2.47. The van der Waals surface area contributed by atoms with Crippen molar-refractivity contribution in [2.24, 2.45) is 5.92 Å². The molecule has 0 N–H and O–H groups in total. The number of pyridine rings is 1. The summed E-state index contributed by atoms with van der Waals surface area (Å²) in [6.45, 7) is 7.03. The van der Waals surface area contributed by atoms with Gasteiger partial charge in [-0.25, -0.2) is 12.7 Å². The molecule has 3 heterocycles. The molecule has 1 aromatic rings. The van der Waals surface area contributed by atoms with Crippen LogP contribution in [0.3, 0.4) is 0 Å². The van der Waals surface area contributed by atoms with E-state index in [0.717, 1.165) is 43.7 Å². The molecule has 2 saturated heterocycles. The van der Waals surface area contributed by atoms with Crippen LogP contribution in [0.2, 0.25) is 0 Å². The van der Waals surface area contributed by atoms with Gasteiger partial charge in [-0.3, -0.25) is 4.98 Å². The fourth-order valence-electron chi connectivity index (χ4n) is 4.36. The highest BCUT2D eigenvalue weighted by Crippen LogP contribution is 2.42. The Hall–Kier alpha value is -1.02. The van der Waals surface area contributed by atoms with Gasteiger partial charge in [-0.15, -0.1) is 0 Å². The minimum absolute atomic E-state index is 0.164. The minimum atomic E-state index is -3.11. The van der Waals surface area contributed by atoms with Crippen molar-refractivity contribution in [3.8, 4) is 0 Å². The first kappa shape index (κ1) is 20.7. The molecule has 0 unspecified atom stereocenters. The Bertz CT molecular complexity index is 714. The zero-order chi connectivity index (χ0) is 19.3. The second kappa shape index (κ2) is 8.99. The Morgan fingerprint density at radius 2 is 2.11 bits per heavy atom. The number of rotatable bonds is 8. The molecular formula is C20H32N2O4S. The molecule has 0 saturated carbocycles. The topological polar surface area (TPSA) is 68.7 Å². The number of aryl methyl sites for hydroxylation is 1. The molecule has 27 heavy (non-hydrogen) atoms. The summed E-state index contributed by atoms with van der Waals surface area (Å²) in [6, 6.07) is 5.97. The molecule has 0 bridgehead atoms. The van der Waals surface area contributed by atoms with Gasteiger partial charge in [-0.2, -0.15) is 0 Å². The monoisotopic (exact) mass is 396 g/mol. The first-order chi connectivity index (χ1) is 13.0. The van der Waals surface area contributed by atoms with E-state index >= 15 is 0 Å². The van der Waals surface area contributed by atoms with E-state index in [4.69, 9.17) is 9.47 Å². The third-order valence-corrected chi connectivity index (χ3v) is 7.91. The SMILES string of the molecule is CCCS(=O)(=O)N1CCC2(CC1)OCC[C@H]2CCOCc1cccc(C)n1. The van der Waals surface area contributed by atoms with Crippen LogP contribution < -0.4 is 0 Å². The van der Waals surface area contributed by atoms with Crippen LogP contribution in [0.5, 0.6) is 0 Å². The van der Waals surface area contributed by atoms with Crippen LogP contribution in [0, 0.1) is 12.8 Å². The average Bonchev–Trinajstić information content (AvgIpc) is 3.01. The summed E-state index contributed by atoms with van der Waals surface area (Å²) in [4.78, 5) is 4.46. The standard InChI is InChI=1S/C20H32N2O4S/c1-3-15-27(23,24)22-11-9-20(10-12-22)18(8-14-26-20)7-13-25-16-19-6-4-5-17(2)21-19/h4-6,18H,3,7-16H2,1-2H3/t18-/m1/s1. The van der Waals surface area contributed by atoms with E-state index in [0.29, 0.717) is 38.6 Å². The molecule has 1 atom stereocenters. The summed E-state index contributed by atoms with van der Waals surface area (Å²) in [5.41, 5.74) is 1.80. The molecule has 152 valence electrons. The second-order valence-electron chi connectivity index (χ2n) is 7.73. The Morgan fingerprint density at radius 1 is 1.33 bits per heavy atom. The van der Waals surface area contributed by atoms with E-state index in [1.165, 1.54) is 0 Å². The van der Waals surface area contributed by atoms with Crippen molar-refractivity contribution < 1.29 is 17.9 Å². The van der Waals surface area contributed by atoms with Crippen molar-refractivity contribution in [2.75, 3.05) is 32.1 Å². The van der Waals surface area contributed by atoms with Crippen molar-refractivity contribution in [3.63, 3.8) is 0 Å². The molecule has 6 nitrogen and oxygen atoms in total. The lowest BCUT2D eigenvalue weighted by molar-refractivity contribution is -0.0618. The largest absolute Gasteiger partial charge is 0.375 e. The van der Waals surface area contributed by atoms with Crippen LogP contribution in [-0.4, -0.2) is 55.4 Å². The van der Waals surface area contributed by atoms with Crippen LogP contribution in [-0.2, 0) is 26.1 Å². The Morgan fingerprint density at radius 3 is 2.81 bits per heavy atom. The molecule has 2 fully saturated rings. The Balaban J connectivity index is 1.48.